The first-order valence-electron chi connectivity index (χ1n) is 6.63. The highest BCUT2D eigenvalue weighted by Crippen LogP contribution is 2.26. The summed E-state index contributed by atoms with van der Waals surface area (Å²) in [5.41, 5.74) is 1.79. The van der Waals surface area contributed by atoms with E-state index < -0.39 is 0 Å². The molecule has 118 valence electrons. The molecular weight excluding hydrogens is 334 g/mol. The maximum atomic E-state index is 11.9. The number of carbonyl (C=O) groups excluding carboxylic acids is 1. The molecule has 23 heavy (non-hydrogen) atoms. The van der Waals surface area contributed by atoms with Crippen LogP contribution in [0.25, 0.3) is 11.3 Å². The molecule has 0 unspecified atom stereocenters. The lowest BCUT2D eigenvalue weighted by Crippen LogP contribution is -2.13. The van der Waals surface area contributed by atoms with Gasteiger partial charge < -0.3 is 10.1 Å². The van der Waals surface area contributed by atoms with Gasteiger partial charge in [0, 0.05) is 10.9 Å². The van der Waals surface area contributed by atoms with Crippen molar-refractivity contribution in [1.29, 1.82) is 0 Å². The van der Waals surface area contributed by atoms with Gasteiger partial charge in [-0.3, -0.25) is 4.79 Å². The van der Waals surface area contributed by atoms with E-state index in [0.29, 0.717) is 10.2 Å². The number of nitrogens with one attached hydrogen (secondary N) is 2. The van der Waals surface area contributed by atoms with Crippen molar-refractivity contribution in [3.8, 4) is 17.0 Å². The van der Waals surface area contributed by atoms with Crippen LogP contribution in [0.15, 0.2) is 40.9 Å². The summed E-state index contributed by atoms with van der Waals surface area (Å²) >= 11 is 2.70. The Morgan fingerprint density at radius 2 is 2.22 bits per heavy atom. The van der Waals surface area contributed by atoms with E-state index in [2.05, 4.69) is 25.7 Å². The first-order valence-corrected chi connectivity index (χ1v) is 8.49. The number of anilines is 1. The van der Waals surface area contributed by atoms with E-state index in [0.717, 1.165) is 17.0 Å². The number of carbonyl (C=O) groups is 1. The molecule has 0 saturated heterocycles. The lowest BCUT2D eigenvalue weighted by atomic mass is 10.2. The fourth-order valence-electron chi connectivity index (χ4n) is 1.78. The molecule has 1 aromatic carbocycles. The van der Waals surface area contributed by atoms with E-state index in [9.17, 15) is 4.79 Å². The second-order valence-corrected chi connectivity index (χ2v) is 6.27. The van der Waals surface area contributed by atoms with Crippen LogP contribution in [0.4, 0.5) is 5.13 Å². The lowest BCUT2D eigenvalue weighted by Gasteiger charge is -2.01. The maximum absolute atomic E-state index is 11.9. The van der Waals surface area contributed by atoms with E-state index in [4.69, 9.17) is 4.74 Å². The Labute approximate surface area is 140 Å². The van der Waals surface area contributed by atoms with Crippen molar-refractivity contribution in [3.05, 3.63) is 35.8 Å². The van der Waals surface area contributed by atoms with Crippen molar-refractivity contribution in [2.75, 3.05) is 18.2 Å². The average Bonchev–Trinajstić information content (AvgIpc) is 3.25. The van der Waals surface area contributed by atoms with Crippen molar-refractivity contribution < 1.29 is 9.53 Å². The molecule has 2 heterocycles. The quantitative estimate of drug-likeness (QED) is 0.666. The topological polar surface area (TPSA) is 92.8 Å². The smallest absolute Gasteiger partial charge is 0.236 e. The van der Waals surface area contributed by atoms with Gasteiger partial charge in [0.2, 0.25) is 5.91 Å². The van der Waals surface area contributed by atoms with Gasteiger partial charge in [-0.1, -0.05) is 11.8 Å². The molecule has 0 bridgehead atoms. The van der Waals surface area contributed by atoms with E-state index in [1.807, 2.05) is 29.6 Å². The summed E-state index contributed by atoms with van der Waals surface area (Å²) in [5, 5.41) is 16.0. The Morgan fingerprint density at radius 1 is 1.39 bits per heavy atom. The number of methoxy groups -OCH3 is 1. The molecule has 7 nitrogen and oxygen atoms in total. The number of thiazole rings is 1. The zero-order valence-electron chi connectivity index (χ0n) is 12.1. The van der Waals surface area contributed by atoms with E-state index in [1.54, 1.807) is 13.3 Å². The second-order valence-electron chi connectivity index (χ2n) is 4.41. The van der Waals surface area contributed by atoms with Crippen molar-refractivity contribution in [2.45, 2.75) is 5.03 Å². The summed E-state index contributed by atoms with van der Waals surface area (Å²) in [5.74, 6) is 0.917. The number of benzene rings is 1. The van der Waals surface area contributed by atoms with Gasteiger partial charge in [-0.2, -0.15) is 10.3 Å². The zero-order chi connectivity index (χ0) is 16.1. The monoisotopic (exact) mass is 347 g/mol. The highest BCUT2D eigenvalue weighted by molar-refractivity contribution is 7.99. The van der Waals surface area contributed by atoms with Crippen molar-refractivity contribution in [1.82, 2.24) is 20.4 Å². The van der Waals surface area contributed by atoms with E-state index in [-0.39, 0.29) is 11.7 Å². The number of thioether (sulfide) groups is 1. The summed E-state index contributed by atoms with van der Waals surface area (Å²) in [4.78, 5) is 16.3. The number of ether oxygens (including phenoxy) is 1. The summed E-state index contributed by atoms with van der Waals surface area (Å²) in [6.45, 7) is 0. The molecule has 3 aromatic rings. The van der Waals surface area contributed by atoms with Gasteiger partial charge in [-0.25, -0.2) is 4.98 Å². The van der Waals surface area contributed by atoms with Crippen LogP contribution in [-0.4, -0.2) is 39.2 Å². The van der Waals surface area contributed by atoms with E-state index >= 15 is 0 Å². The normalized spacial score (nSPS) is 10.5. The molecule has 0 aliphatic rings. The molecule has 2 N–H and O–H groups in total. The molecule has 3 rings (SSSR count). The Hall–Kier alpha value is -2.39. The third kappa shape index (κ3) is 4.08. The van der Waals surface area contributed by atoms with Gasteiger partial charge >= 0.3 is 0 Å². The number of nitrogens with zero attached hydrogens (tertiary/aromatic N) is 3. The van der Waals surface area contributed by atoms with Gasteiger partial charge in [-0.05, 0) is 24.3 Å². The number of H-pyrrole nitrogens is 1. The van der Waals surface area contributed by atoms with Crippen molar-refractivity contribution >= 4 is 34.1 Å². The molecule has 0 fully saturated rings. The fourth-order valence-corrected chi connectivity index (χ4v) is 3.10. The van der Waals surface area contributed by atoms with Crippen molar-refractivity contribution in [3.63, 3.8) is 0 Å². The van der Waals surface area contributed by atoms with Crippen molar-refractivity contribution in [2.24, 2.45) is 0 Å². The minimum Gasteiger partial charge on any atom is -0.497 e. The average molecular weight is 347 g/mol. The summed E-state index contributed by atoms with van der Waals surface area (Å²) in [7, 11) is 1.63. The fraction of sp³-hybridized carbons (Fsp3) is 0.143. The lowest BCUT2D eigenvalue weighted by molar-refractivity contribution is -0.113. The van der Waals surface area contributed by atoms with Crippen LogP contribution in [0.2, 0.25) is 0 Å². The van der Waals surface area contributed by atoms with Crippen LogP contribution in [-0.2, 0) is 4.79 Å². The van der Waals surface area contributed by atoms with Crippen LogP contribution in [0.3, 0.4) is 0 Å². The Balaban J connectivity index is 1.58. The van der Waals surface area contributed by atoms with Gasteiger partial charge in [0.15, 0.2) is 5.13 Å². The number of aromatic amines is 1. The Kier molecular flexibility index (Phi) is 4.89. The number of rotatable bonds is 6. The minimum atomic E-state index is -0.131. The molecule has 0 atom stereocenters. The minimum absolute atomic E-state index is 0.131. The molecule has 9 heteroatoms. The SMILES string of the molecule is COc1ccc(-c2csc(NC(=O)CSc3cn[nH]n3)n2)cc1. The first kappa shape index (κ1) is 15.5. The molecule has 0 saturated carbocycles. The van der Waals surface area contributed by atoms with Crippen LogP contribution >= 0.6 is 23.1 Å². The summed E-state index contributed by atoms with van der Waals surface area (Å²) in [6.07, 6.45) is 1.57. The largest absolute Gasteiger partial charge is 0.497 e. The van der Waals surface area contributed by atoms with Gasteiger partial charge in [0.1, 0.15) is 10.8 Å². The van der Waals surface area contributed by atoms with Crippen LogP contribution in [0.5, 0.6) is 5.75 Å². The molecule has 0 aliphatic heterocycles. The molecule has 0 radical (unpaired) electrons. The summed E-state index contributed by atoms with van der Waals surface area (Å²) in [6, 6.07) is 7.61. The van der Waals surface area contributed by atoms with Crippen LogP contribution < -0.4 is 10.1 Å². The third-order valence-corrected chi connectivity index (χ3v) is 4.54. The van der Waals surface area contributed by atoms with Gasteiger partial charge in [0.25, 0.3) is 0 Å². The maximum Gasteiger partial charge on any atom is 0.236 e. The van der Waals surface area contributed by atoms with Gasteiger partial charge in [-0.15, -0.1) is 16.4 Å². The zero-order valence-corrected chi connectivity index (χ0v) is 13.8. The Bertz CT molecular complexity index is 771. The standard InChI is InChI=1S/C14H13N5O2S2/c1-21-10-4-2-9(3-5-10)11-7-23-14(16-11)17-12(20)8-22-13-6-15-19-18-13/h2-7H,8H2,1H3,(H,15,18,19)(H,16,17,20). The van der Waals surface area contributed by atoms with E-state index in [1.165, 1.54) is 23.1 Å². The molecule has 0 spiro atoms. The van der Waals surface area contributed by atoms with Crippen LogP contribution in [0.1, 0.15) is 0 Å². The predicted molar refractivity (Wildman–Crippen MR) is 89.8 cm³/mol. The third-order valence-electron chi connectivity index (χ3n) is 2.88. The van der Waals surface area contributed by atoms with Gasteiger partial charge in [0.05, 0.1) is 24.8 Å². The number of hydrogen-bond acceptors (Lipinski definition) is 7. The molecule has 2 aromatic heterocycles. The predicted octanol–water partition coefficient (Wildman–Crippen LogP) is 2.67. The first-order chi connectivity index (χ1) is 11.2. The second kappa shape index (κ2) is 7.25. The number of hydrogen-bond donors (Lipinski definition) is 2. The molecule has 0 aliphatic carbocycles. The number of aromatic nitrogens is 4. The number of amides is 1. The summed E-state index contributed by atoms with van der Waals surface area (Å²) < 4.78 is 5.13. The highest BCUT2D eigenvalue weighted by Gasteiger charge is 2.09. The highest BCUT2D eigenvalue weighted by atomic mass is 32.2. The Morgan fingerprint density at radius 3 is 2.91 bits per heavy atom. The molecular formula is C14H13N5O2S2. The van der Waals surface area contributed by atoms with Crippen LogP contribution in [0, 0.1) is 0 Å². The molecule has 1 amide bonds.